The van der Waals surface area contributed by atoms with Crippen LogP contribution in [0.2, 0.25) is 0 Å². The summed E-state index contributed by atoms with van der Waals surface area (Å²) >= 11 is 0. The van der Waals surface area contributed by atoms with E-state index in [0.29, 0.717) is 5.71 Å². The van der Waals surface area contributed by atoms with Crippen LogP contribution in [-0.4, -0.2) is 35.2 Å². The number of aromatic nitrogens is 2. The van der Waals surface area contributed by atoms with Gasteiger partial charge in [-0.2, -0.15) is 0 Å². The number of methoxy groups -OCH3 is 1. The van der Waals surface area contributed by atoms with Gasteiger partial charge in [0.05, 0.1) is 23.2 Å². The lowest BCUT2D eigenvalue weighted by atomic mass is 9.90. The van der Waals surface area contributed by atoms with Crippen molar-refractivity contribution in [1.29, 1.82) is 0 Å². The number of nitrogens with zero attached hydrogens (tertiary/aromatic N) is 2. The highest BCUT2D eigenvalue weighted by atomic mass is 16.7. The SMILES string of the molecule is CO[C@]12CCC[C@@]1(NCc1cnc3onc(C)c3c1)CCO2. The largest absolute Gasteiger partial charge is 0.351 e. The molecule has 4 rings (SSSR count). The molecule has 6 nitrogen and oxygen atoms in total. The molecule has 118 valence electrons. The van der Waals surface area contributed by atoms with Crippen LogP contribution in [0, 0.1) is 6.92 Å². The average molecular weight is 303 g/mol. The van der Waals surface area contributed by atoms with Crippen LogP contribution in [-0.2, 0) is 16.0 Å². The summed E-state index contributed by atoms with van der Waals surface area (Å²) in [6.07, 6.45) is 6.00. The molecular formula is C16H21N3O3. The van der Waals surface area contributed by atoms with Crippen LogP contribution in [0.1, 0.15) is 36.9 Å². The Balaban J connectivity index is 1.57. The molecule has 1 aliphatic heterocycles. The fraction of sp³-hybridized carbons (Fsp3) is 0.625. The van der Waals surface area contributed by atoms with E-state index in [1.54, 1.807) is 7.11 Å². The molecule has 1 saturated heterocycles. The first-order valence-electron chi connectivity index (χ1n) is 7.83. The predicted octanol–water partition coefficient (Wildman–Crippen LogP) is 2.31. The molecule has 6 heteroatoms. The summed E-state index contributed by atoms with van der Waals surface area (Å²) < 4.78 is 16.9. The number of nitrogens with one attached hydrogen (secondary N) is 1. The van der Waals surface area contributed by atoms with Crippen molar-refractivity contribution in [1.82, 2.24) is 15.5 Å². The first kappa shape index (κ1) is 14.1. The third-order valence-electron chi connectivity index (χ3n) is 5.23. The molecule has 2 fully saturated rings. The van der Waals surface area contributed by atoms with Crippen LogP contribution < -0.4 is 5.32 Å². The predicted molar refractivity (Wildman–Crippen MR) is 80.3 cm³/mol. The molecule has 2 aromatic heterocycles. The zero-order valence-corrected chi connectivity index (χ0v) is 13.0. The van der Waals surface area contributed by atoms with Gasteiger partial charge in [0, 0.05) is 26.3 Å². The van der Waals surface area contributed by atoms with Crippen LogP contribution in [0.25, 0.3) is 11.1 Å². The molecule has 2 aliphatic rings. The van der Waals surface area contributed by atoms with E-state index < -0.39 is 5.79 Å². The highest BCUT2D eigenvalue weighted by Crippen LogP contribution is 2.49. The second kappa shape index (κ2) is 5.01. The van der Waals surface area contributed by atoms with E-state index in [1.165, 1.54) is 0 Å². The Morgan fingerprint density at radius 1 is 1.36 bits per heavy atom. The van der Waals surface area contributed by atoms with Gasteiger partial charge in [-0.05, 0) is 37.8 Å². The van der Waals surface area contributed by atoms with Crippen molar-refractivity contribution in [3.8, 4) is 0 Å². The Hall–Kier alpha value is -1.50. The fourth-order valence-corrected chi connectivity index (χ4v) is 3.99. The van der Waals surface area contributed by atoms with Crippen molar-refractivity contribution in [3.05, 3.63) is 23.5 Å². The van der Waals surface area contributed by atoms with E-state index in [9.17, 15) is 0 Å². The van der Waals surface area contributed by atoms with Gasteiger partial charge < -0.3 is 19.3 Å². The average Bonchev–Trinajstić information content (AvgIpc) is 3.17. The number of hydrogen-bond acceptors (Lipinski definition) is 6. The van der Waals surface area contributed by atoms with E-state index >= 15 is 0 Å². The van der Waals surface area contributed by atoms with Gasteiger partial charge in [-0.3, -0.25) is 0 Å². The topological polar surface area (TPSA) is 69.4 Å². The van der Waals surface area contributed by atoms with E-state index in [2.05, 4.69) is 21.5 Å². The number of pyridine rings is 1. The zero-order valence-electron chi connectivity index (χ0n) is 13.0. The first-order chi connectivity index (χ1) is 10.7. The normalized spacial score (nSPS) is 31.0. The fourth-order valence-electron chi connectivity index (χ4n) is 3.99. The molecule has 22 heavy (non-hydrogen) atoms. The molecule has 0 bridgehead atoms. The summed E-state index contributed by atoms with van der Waals surface area (Å²) in [4.78, 5) is 4.34. The zero-order chi connectivity index (χ0) is 15.2. The maximum atomic E-state index is 5.96. The number of aryl methyl sites for hydroxylation is 1. The second-order valence-electron chi connectivity index (χ2n) is 6.31. The van der Waals surface area contributed by atoms with E-state index in [1.807, 2.05) is 13.1 Å². The number of fused-ring (bicyclic) bond motifs is 2. The van der Waals surface area contributed by atoms with Crippen LogP contribution in [0.5, 0.6) is 0 Å². The Bertz CT molecular complexity index is 687. The van der Waals surface area contributed by atoms with E-state index in [0.717, 1.165) is 55.5 Å². The lowest BCUT2D eigenvalue weighted by molar-refractivity contribution is -0.216. The minimum Gasteiger partial charge on any atom is -0.351 e. The molecule has 0 spiro atoms. The summed E-state index contributed by atoms with van der Waals surface area (Å²) in [5.41, 5.74) is 2.51. The molecular weight excluding hydrogens is 282 g/mol. The summed E-state index contributed by atoms with van der Waals surface area (Å²) in [6.45, 7) is 3.42. The maximum absolute atomic E-state index is 5.96. The molecule has 0 radical (unpaired) electrons. The Kier molecular flexibility index (Phi) is 3.21. The third kappa shape index (κ3) is 1.91. The van der Waals surface area contributed by atoms with Crippen LogP contribution in [0.4, 0.5) is 0 Å². The molecule has 0 unspecified atom stereocenters. The van der Waals surface area contributed by atoms with Crippen molar-refractivity contribution < 1.29 is 14.0 Å². The standard InChI is InChI=1S/C16H21N3O3/c1-11-13-8-12(9-17-14(13)22-19-11)10-18-15-4-3-5-16(15,20-2)21-7-6-15/h8-9,18H,3-7,10H2,1-2H3/t15-,16+/m1/s1. The smallest absolute Gasteiger partial charge is 0.257 e. The van der Waals surface area contributed by atoms with Gasteiger partial charge in [0.15, 0.2) is 5.79 Å². The van der Waals surface area contributed by atoms with Gasteiger partial charge in [-0.25, -0.2) is 4.98 Å². The lowest BCUT2D eigenvalue weighted by Gasteiger charge is -2.38. The second-order valence-corrected chi connectivity index (χ2v) is 6.31. The Morgan fingerprint density at radius 2 is 2.27 bits per heavy atom. The third-order valence-corrected chi connectivity index (χ3v) is 5.23. The van der Waals surface area contributed by atoms with Gasteiger partial charge in [-0.1, -0.05) is 5.16 Å². The summed E-state index contributed by atoms with van der Waals surface area (Å²) in [5.74, 6) is -0.461. The molecule has 1 N–H and O–H groups in total. The van der Waals surface area contributed by atoms with Gasteiger partial charge in [-0.15, -0.1) is 0 Å². The number of hydrogen-bond donors (Lipinski definition) is 1. The van der Waals surface area contributed by atoms with Crippen molar-refractivity contribution in [2.24, 2.45) is 0 Å². The van der Waals surface area contributed by atoms with Crippen LogP contribution in [0.15, 0.2) is 16.8 Å². The van der Waals surface area contributed by atoms with E-state index in [-0.39, 0.29) is 5.54 Å². The number of rotatable bonds is 4. The molecule has 3 heterocycles. The van der Waals surface area contributed by atoms with Gasteiger partial charge in [0.25, 0.3) is 5.71 Å². The van der Waals surface area contributed by atoms with Crippen molar-refractivity contribution in [2.45, 2.75) is 50.5 Å². The van der Waals surface area contributed by atoms with Crippen LogP contribution >= 0.6 is 0 Å². The first-order valence-corrected chi connectivity index (χ1v) is 7.83. The quantitative estimate of drug-likeness (QED) is 0.934. The molecule has 2 aromatic rings. The monoisotopic (exact) mass is 303 g/mol. The molecule has 0 amide bonds. The molecule has 2 atom stereocenters. The summed E-state index contributed by atoms with van der Waals surface area (Å²) in [6, 6.07) is 2.09. The van der Waals surface area contributed by atoms with Crippen molar-refractivity contribution >= 4 is 11.1 Å². The lowest BCUT2D eigenvalue weighted by Crippen LogP contribution is -2.57. The maximum Gasteiger partial charge on any atom is 0.257 e. The molecule has 1 aliphatic carbocycles. The summed E-state index contributed by atoms with van der Waals surface area (Å²) in [5, 5.41) is 8.63. The Labute approximate surface area is 129 Å². The Morgan fingerprint density at radius 3 is 3.14 bits per heavy atom. The van der Waals surface area contributed by atoms with Crippen LogP contribution in [0.3, 0.4) is 0 Å². The van der Waals surface area contributed by atoms with E-state index in [4.69, 9.17) is 14.0 Å². The van der Waals surface area contributed by atoms with Gasteiger partial charge in [0.2, 0.25) is 0 Å². The van der Waals surface area contributed by atoms with Gasteiger partial charge in [0.1, 0.15) is 0 Å². The highest BCUT2D eigenvalue weighted by Gasteiger charge is 2.59. The minimum atomic E-state index is -0.461. The van der Waals surface area contributed by atoms with Crippen molar-refractivity contribution in [2.75, 3.05) is 13.7 Å². The van der Waals surface area contributed by atoms with Crippen molar-refractivity contribution in [3.63, 3.8) is 0 Å². The summed E-state index contributed by atoms with van der Waals surface area (Å²) in [7, 11) is 1.75. The minimum absolute atomic E-state index is 0.0829. The molecule has 1 saturated carbocycles. The molecule has 0 aromatic carbocycles. The highest BCUT2D eigenvalue weighted by molar-refractivity contribution is 5.75. The van der Waals surface area contributed by atoms with Gasteiger partial charge >= 0.3 is 0 Å². The number of ether oxygens (including phenoxy) is 2.